The minimum absolute atomic E-state index is 0.125. The van der Waals surface area contributed by atoms with Crippen molar-refractivity contribution in [1.82, 2.24) is 54.3 Å². The van der Waals surface area contributed by atoms with Crippen LogP contribution in [0.4, 0.5) is 11.4 Å². The van der Waals surface area contributed by atoms with Crippen molar-refractivity contribution in [2.45, 2.75) is 0 Å². The van der Waals surface area contributed by atoms with Crippen LogP contribution in [0.5, 0.6) is 5.75 Å². The normalized spacial score (nSPS) is 10.6. The molecule has 0 saturated heterocycles. The molecular weight excluding hydrogens is 892 g/mol. The molecule has 318 valence electrons. The molecule has 0 amide bonds. The molecule has 0 spiro atoms. The Hall–Kier alpha value is -7.65. The Morgan fingerprint density at radius 3 is 1.86 bits per heavy atom. The molecule has 0 aliphatic heterocycles. The van der Waals surface area contributed by atoms with Crippen molar-refractivity contribution in [3.63, 3.8) is 0 Å². The Kier molecular flexibility index (Phi) is 14.8. The summed E-state index contributed by atoms with van der Waals surface area (Å²) in [6.45, 7) is 0. The second kappa shape index (κ2) is 20.7. The summed E-state index contributed by atoms with van der Waals surface area (Å²) in [4.78, 5) is 81.1. The van der Waals surface area contributed by atoms with Gasteiger partial charge in [0.15, 0.2) is 10.8 Å². The highest BCUT2D eigenvalue weighted by atomic mass is 35.5. The number of benzene rings is 1. The second-order valence-corrected chi connectivity index (χ2v) is 15.5. The predicted molar refractivity (Wildman–Crippen MR) is 240 cm³/mol. The van der Waals surface area contributed by atoms with Gasteiger partial charge in [-0.25, -0.2) is 59.4 Å². The van der Waals surface area contributed by atoms with Gasteiger partial charge in [-0.1, -0.05) is 11.6 Å². The Balaban J connectivity index is 0.000000146. The summed E-state index contributed by atoms with van der Waals surface area (Å²) in [6, 6.07) is 9.03. The third kappa shape index (κ3) is 10.3. The van der Waals surface area contributed by atoms with Crippen molar-refractivity contribution >= 4 is 117 Å². The number of halogens is 1. The monoisotopic (exact) mass is 922 g/mol. The molecule has 0 saturated carbocycles. The molecule has 0 radical (unpaired) electrons. The fourth-order valence-corrected chi connectivity index (χ4v) is 8.14. The summed E-state index contributed by atoms with van der Waals surface area (Å²) >= 11 is 9.15. The molecule has 8 aromatic heterocycles. The maximum Gasteiger partial charge on any atom is 0.350 e. The number of carbonyl (C=O) groups excluding carboxylic acids is 2. The molecule has 0 fully saturated rings. The Morgan fingerprint density at radius 1 is 0.746 bits per heavy atom. The van der Waals surface area contributed by atoms with E-state index in [1.165, 1.54) is 77.7 Å². The van der Waals surface area contributed by atoms with Crippen molar-refractivity contribution in [2.24, 2.45) is 4.99 Å². The number of nitrogen functional groups attached to an aromatic ring is 1. The zero-order valence-electron chi connectivity index (χ0n) is 33.5. The summed E-state index contributed by atoms with van der Waals surface area (Å²) in [7, 11) is 7.95. The van der Waals surface area contributed by atoms with E-state index < -0.39 is 11.9 Å². The molecule has 20 nitrogen and oxygen atoms in total. The molecule has 9 rings (SSSR count). The maximum atomic E-state index is 12.7. The molecule has 2 N–H and O–H groups in total. The van der Waals surface area contributed by atoms with E-state index in [0.717, 1.165) is 16.3 Å². The minimum Gasteiger partial charge on any atom is -0.497 e. The lowest BCUT2D eigenvalue weighted by Gasteiger charge is -2.06. The highest BCUT2D eigenvalue weighted by Gasteiger charge is 2.21. The first-order chi connectivity index (χ1) is 30.5. The summed E-state index contributed by atoms with van der Waals surface area (Å²) < 4.78 is 16.5. The van der Waals surface area contributed by atoms with Gasteiger partial charge in [-0.15, -0.1) is 34.0 Å². The second-order valence-electron chi connectivity index (χ2n) is 12.2. The molecule has 63 heavy (non-hydrogen) atoms. The maximum absolute atomic E-state index is 12.7. The van der Waals surface area contributed by atoms with E-state index >= 15 is 0 Å². The van der Waals surface area contributed by atoms with Crippen LogP contribution in [0.25, 0.3) is 46.9 Å². The number of fused-ring (bicyclic) bond motifs is 5. The van der Waals surface area contributed by atoms with E-state index in [9.17, 15) is 14.4 Å². The van der Waals surface area contributed by atoms with E-state index in [-0.39, 0.29) is 16.4 Å². The zero-order valence-corrected chi connectivity index (χ0v) is 36.7. The molecule has 1 aromatic carbocycles. The molecule has 0 atom stereocenters. The van der Waals surface area contributed by atoms with Crippen LogP contribution >= 0.6 is 45.6 Å². The Morgan fingerprint density at radius 2 is 1.29 bits per heavy atom. The van der Waals surface area contributed by atoms with Gasteiger partial charge in [0, 0.05) is 63.7 Å². The van der Waals surface area contributed by atoms with Crippen molar-refractivity contribution in [3.05, 3.63) is 111 Å². The van der Waals surface area contributed by atoms with E-state index in [1.807, 2.05) is 26.2 Å². The summed E-state index contributed by atoms with van der Waals surface area (Å²) in [5.74, 6) is -0.140. The van der Waals surface area contributed by atoms with E-state index in [4.69, 9.17) is 32.1 Å². The fraction of sp³-hybridized carbons (Fsp3) is 0.128. The molecule has 0 bridgehead atoms. The van der Waals surface area contributed by atoms with Crippen LogP contribution in [0, 0.1) is 11.3 Å². The number of anilines is 1. The first-order valence-corrected chi connectivity index (χ1v) is 20.5. The lowest BCUT2D eigenvalue weighted by Crippen LogP contribution is -2.17. The summed E-state index contributed by atoms with van der Waals surface area (Å²) in [5, 5.41) is 8.43. The molecular formula is C39H31ClN14O6S3. The number of aromatic nitrogens is 10. The average molecular weight is 923 g/mol. The fourth-order valence-electron chi connectivity index (χ4n) is 5.11. The van der Waals surface area contributed by atoms with Gasteiger partial charge in [-0.3, -0.25) is 9.36 Å². The van der Waals surface area contributed by atoms with Gasteiger partial charge in [0.2, 0.25) is 0 Å². The van der Waals surface area contributed by atoms with Gasteiger partial charge in [-0.2, -0.15) is 5.26 Å². The Labute approximate surface area is 373 Å². The lowest BCUT2D eigenvalue weighted by molar-refractivity contribution is 0.0598. The summed E-state index contributed by atoms with van der Waals surface area (Å²) in [6.07, 6.45) is 15.4. The first kappa shape index (κ1) is 44.9. The van der Waals surface area contributed by atoms with Gasteiger partial charge >= 0.3 is 11.9 Å². The number of rotatable bonds is 6. The topological polar surface area (TPSA) is 265 Å². The number of nitriles is 1. The summed E-state index contributed by atoms with van der Waals surface area (Å²) in [5.41, 5.74) is 9.77. The SMILES string of the molecule is COC(=O)c1sc2nccnc2c1N.COC(=O)c1sc2nccnc2c1N=CN(C)C.COc1ccc(-n2cnc3c(sc4nccnc43)c2=O)cc1.N#Cc1nccnc1Cl. The van der Waals surface area contributed by atoms with Crippen LogP contribution in [-0.4, -0.2) is 108 Å². The van der Waals surface area contributed by atoms with Gasteiger partial charge in [0.05, 0.1) is 39.0 Å². The van der Waals surface area contributed by atoms with E-state index in [2.05, 4.69) is 54.6 Å². The number of hydrogen-bond donors (Lipinski definition) is 1. The third-order valence-corrected chi connectivity index (χ3v) is 11.4. The van der Waals surface area contributed by atoms with Crippen molar-refractivity contribution < 1.29 is 23.8 Å². The number of ether oxygens (including phenoxy) is 3. The quantitative estimate of drug-likeness (QED) is 0.111. The number of carbonyl (C=O) groups is 2. The predicted octanol–water partition coefficient (Wildman–Crippen LogP) is 6.16. The van der Waals surface area contributed by atoms with Crippen LogP contribution in [0.15, 0.2) is 90.0 Å². The molecule has 9 aromatic rings. The molecule has 24 heteroatoms. The largest absolute Gasteiger partial charge is 0.497 e. The number of thiophene rings is 3. The number of nitrogens with two attached hydrogens (primary N) is 1. The van der Waals surface area contributed by atoms with Crippen molar-refractivity contribution in [2.75, 3.05) is 41.2 Å². The number of nitrogens with zero attached hydrogens (tertiary/aromatic N) is 13. The van der Waals surface area contributed by atoms with E-state index in [1.54, 1.807) is 67.5 Å². The molecule has 0 aliphatic carbocycles. The first-order valence-electron chi connectivity index (χ1n) is 17.7. The molecule has 0 aliphatic rings. The third-order valence-electron chi connectivity index (χ3n) is 7.95. The number of esters is 2. The molecule has 8 heterocycles. The number of aliphatic imine (C=N–C) groups is 1. The molecule has 0 unspecified atom stereocenters. The standard InChI is InChI=1S/C15H10N4O2S.C11H12N4O2S.C8H7N3O2S.C5H2ClN3/c1-21-10-4-2-9(3-5-10)19-8-18-11-12-14(17-7-6-16-12)22-13(11)15(19)20;1-15(2)6-14-7-8-10(13-5-4-12-8)18-9(7)11(16)17-3;1-13-8(12)6-4(9)5-7(14-6)11-3-2-10-5;6-5-4(3-7)8-1-2-9-5/h2-8H,1H3;4-6H,1-3H3;2-3H,9H2,1H3;1-2H. The van der Waals surface area contributed by atoms with Gasteiger partial charge in [-0.05, 0) is 24.3 Å². The number of methoxy groups -OCH3 is 3. The van der Waals surface area contributed by atoms with Crippen LogP contribution in [-0.2, 0) is 9.47 Å². The lowest BCUT2D eigenvalue weighted by atomic mass is 10.3. The van der Waals surface area contributed by atoms with Crippen LogP contribution in [0.3, 0.4) is 0 Å². The number of hydrogen-bond acceptors (Lipinski definition) is 21. The van der Waals surface area contributed by atoms with Crippen LogP contribution < -0.4 is 16.0 Å². The van der Waals surface area contributed by atoms with Crippen molar-refractivity contribution in [3.8, 4) is 17.5 Å². The van der Waals surface area contributed by atoms with E-state index in [0.29, 0.717) is 57.6 Å². The van der Waals surface area contributed by atoms with Crippen LogP contribution in [0.1, 0.15) is 25.0 Å². The van der Waals surface area contributed by atoms with Gasteiger partial charge in [0.1, 0.15) is 74.8 Å². The van der Waals surface area contributed by atoms with Gasteiger partial charge < -0.3 is 24.8 Å². The van der Waals surface area contributed by atoms with Gasteiger partial charge in [0.25, 0.3) is 5.56 Å². The minimum atomic E-state index is -0.452. The smallest absolute Gasteiger partial charge is 0.350 e. The highest BCUT2D eigenvalue weighted by Crippen LogP contribution is 2.36. The Bertz CT molecular complexity index is 3200. The zero-order chi connectivity index (χ0) is 45.0. The van der Waals surface area contributed by atoms with Crippen molar-refractivity contribution in [1.29, 1.82) is 5.26 Å². The van der Waals surface area contributed by atoms with Crippen LogP contribution in [0.2, 0.25) is 5.15 Å². The average Bonchev–Trinajstić information content (AvgIpc) is 4.00. The highest BCUT2D eigenvalue weighted by molar-refractivity contribution is 7.25.